The lowest BCUT2D eigenvalue weighted by Gasteiger charge is -2.37. The predicted molar refractivity (Wildman–Crippen MR) is 120 cm³/mol. The van der Waals surface area contributed by atoms with Crippen molar-refractivity contribution < 1.29 is 15.0 Å². The second-order valence-corrected chi connectivity index (χ2v) is 7.54. The van der Waals surface area contributed by atoms with Crippen molar-refractivity contribution in [3.05, 3.63) is 48.0 Å². The van der Waals surface area contributed by atoms with Gasteiger partial charge in [0.2, 0.25) is 0 Å². The van der Waals surface area contributed by atoms with Gasteiger partial charge in [-0.15, -0.1) is 12.4 Å². The maximum Gasteiger partial charge on any atom is 0.407 e. The Labute approximate surface area is 181 Å². The molecule has 7 nitrogen and oxygen atoms in total. The number of benzene rings is 2. The van der Waals surface area contributed by atoms with Gasteiger partial charge in [0.1, 0.15) is 11.6 Å². The van der Waals surface area contributed by atoms with Crippen LogP contribution in [-0.2, 0) is 0 Å². The monoisotopic (exact) mass is 428 g/mol. The summed E-state index contributed by atoms with van der Waals surface area (Å²) < 4.78 is 0. The van der Waals surface area contributed by atoms with Gasteiger partial charge in [-0.1, -0.05) is 18.2 Å². The molecule has 2 aromatic carbocycles. The molecular formula is C22H25ClN4O3. The van der Waals surface area contributed by atoms with Gasteiger partial charge in [0.15, 0.2) is 5.82 Å². The van der Waals surface area contributed by atoms with Crippen molar-refractivity contribution in [2.45, 2.75) is 25.8 Å². The molecule has 1 fully saturated rings. The zero-order valence-electron chi connectivity index (χ0n) is 16.9. The molecule has 8 heteroatoms. The standard InChI is InChI=1S/C22H24N4O3.ClH/c1-14-9-10-16-18(12-14)23-20(17-7-3-4-8-19(17)27)24-21(16)26-11-5-6-15(13-26)25(2)22(28)29;/h3-4,7-10,12,15,27H,5-6,11,13H2,1-2H3,(H,28,29);1H/t15-;/m0./s1. The maximum atomic E-state index is 11.4. The molecule has 0 radical (unpaired) electrons. The number of piperidine rings is 1. The molecule has 3 aromatic rings. The largest absolute Gasteiger partial charge is 0.507 e. The van der Waals surface area contributed by atoms with Crippen LogP contribution in [0.15, 0.2) is 42.5 Å². The lowest BCUT2D eigenvalue weighted by atomic mass is 10.0. The fourth-order valence-corrected chi connectivity index (χ4v) is 3.87. The number of aryl methyl sites for hydroxylation is 1. The summed E-state index contributed by atoms with van der Waals surface area (Å²) >= 11 is 0. The van der Waals surface area contributed by atoms with E-state index in [4.69, 9.17) is 9.97 Å². The molecule has 1 aliphatic rings. The van der Waals surface area contributed by atoms with E-state index in [-0.39, 0.29) is 24.2 Å². The molecule has 0 saturated carbocycles. The Hall–Kier alpha value is -3.06. The summed E-state index contributed by atoms with van der Waals surface area (Å²) in [7, 11) is 1.62. The number of rotatable bonds is 3. The Kier molecular flexibility index (Phi) is 6.31. The predicted octanol–water partition coefficient (Wildman–Crippen LogP) is 4.31. The van der Waals surface area contributed by atoms with Crippen LogP contribution >= 0.6 is 12.4 Å². The second-order valence-electron chi connectivity index (χ2n) is 7.54. The number of hydrogen-bond donors (Lipinski definition) is 2. The van der Waals surface area contributed by atoms with Crippen LogP contribution < -0.4 is 4.90 Å². The Morgan fingerprint density at radius 1 is 1.20 bits per heavy atom. The lowest BCUT2D eigenvalue weighted by Crippen LogP contribution is -2.48. The van der Waals surface area contributed by atoms with E-state index < -0.39 is 6.09 Å². The van der Waals surface area contributed by atoms with E-state index >= 15 is 0 Å². The van der Waals surface area contributed by atoms with E-state index in [0.717, 1.165) is 41.7 Å². The minimum Gasteiger partial charge on any atom is -0.507 e. The number of para-hydroxylation sites is 1. The first-order chi connectivity index (χ1) is 13.9. The topological polar surface area (TPSA) is 89.8 Å². The zero-order valence-corrected chi connectivity index (χ0v) is 17.8. The number of anilines is 1. The van der Waals surface area contributed by atoms with E-state index in [1.54, 1.807) is 25.2 Å². The Balaban J connectivity index is 0.00000256. The molecule has 1 aliphatic heterocycles. The Morgan fingerprint density at radius 3 is 2.70 bits per heavy atom. The molecule has 1 amide bonds. The minimum absolute atomic E-state index is 0. The van der Waals surface area contributed by atoms with E-state index in [1.165, 1.54) is 4.90 Å². The van der Waals surface area contributed by atoms with Gasteiger partial charge < -0.3 is 20.0 Å². The smallest absolute Gasteiger partial charge is 0.407 e. The van der Waals surface area contributed by atoms with E-state index in [1.807, 2.05) is 31.2 Å². The number of hydrogen-bond acceptors (Lipinski definition) is 5. The van der Waals surface area contributed by atoms with Gasteiger partial charge in [0, 0.05) is 25.5 Å². The third kappa shape index (κ3) is 4.11. The third-order valence-corrected chi connectivity index (χ3v) is 5.52. The number of aromatic nitrogens is 2. The summed E-state index contributed by atoms with van der Waals surface area (Å²) in [5.41, 5.74) is 2.47. The normalized spacial score (nSPS) is 16.2. The molecule has 1 atom stereocenters. The van der Waals surface area contributed by atoms with Crippen LogP contribution in [0.2, 0.25) is 0 Å². The number of nitrogens with zero attached hydrogens (tertiary/aromatic N) is 4. The first-order valence-electron chi connectivity index (χ1n) is 9.71. The molecule has 2 heterocycles. The number of phenols is 1. The molecule has 158 valence electrons. The highest BCUT2D eigenvalue weighted by Crippen LogP contribution is 2.33. The van der Waals surface area contributed by atoms with Gasteiger partial charge in [0.25, 0.3) is 0 Å². The van der Waals surface area contributed by atoms with Crippen molar-refractivity contribution in [1.29, 1.82) is 0 Å². The number of aromatic hydroxyl groups is 1. The molecule has 4 rings (SSSR count). The summed E-state index contributed by atoms with van der Waals surface area (Å²) in [6.07, 6.45) is 0.786. The van der Waals surface area contributed by atoms with Gasteiger partial charge in [-0.25, -0.2) is 14.8 Å². The van der Waals surface area contributed by atoms with Gasteiger partial charge in [-0.3, -0.25) is 0 Å². The quantitative estimate of drug-likeness (QED) is 0.646. The van der Waals surface area contributed by atoms with Crippen molar-refractivity contribution in [3.63, 3.8) is 0 Å². The highest BCUT2D eigenvalue weighted by molar-refractivity contribution is 5.92. The number of fused-ring (bicyclic) bond motifs is 1. The van der Waals surface area contributed by atoms with E-state index in [9.17, 15) is 15.0 Å². The Bertz CT molecular complexity index is 1080. The van der Waals surface area contributed by atoms with Gasteiger partial charge in [-0.2, -0.15) is 0 Å². The van der Waals surface area contributed by atoms with E-state index in [0.29, 0.717) is 17.9 Å². The molecule has 0 aliphatic carbocycles. The highest BCUT2D eigenvalue weighted by atomic mass is 35.5. The number of carbonyl (C=O) groups is 1. The molecule has 1 saturated heterocycles. The number of amides is 1. The average Bonchev–Trinajstić information content (AvgIpc) is 2.72. The maximum absolute atomic E-state index is 11.4. The number of halogens is 1. The van der Waals surface area contributed by atoms with Gasteiger partial charge in [-0.05, 0) is 49.6 Å². The van der Waals surface area contributed by atoms with Crippen LogP contribution in [0.1, 0.15) is 18.4 Å². The summed E-state index contributed by atoms with van der Waals surface area (Å²) in [6.45, 7) is 3.38. The van der Waals surface area contributed by atoms with Crippen LogP contribution in [0.25, 0.3) is 22.3 Å². The van der Waals surface area contributed by atoms with Gasteiger partial charge in [0.05, 0.1) is 17.1 Å². The summed E-state index contributed by atoms with van der Waals surface area (Å²) in [6, 6.07) is 13.0. The van der Waals surface area contributed by atoms with Crippen molar-refractivity contribution in [3.8, 4) is 17.1 Å². The lowest BCUT2D eigenvalue weighted by molar-refractivity contribution is 0.133. The minimum atomic E-state index is -0.921. The number of carboxylic acid groups (broad SMARTS) is 1. The zero-order chi connectivity index (χ0) is 20.5. The van der Waals surface area contributed by atoms with Crippen LogP contribution in [0.4, 0.5) is 10.6 Å². The van der Waals surface area contributed by atoms with E-state index in [2.05, 4.69) is 4.90 Å². The molecule has 0 spiro atoms. The fraction of sp³-hybridized carbons (Fsp3) is 0.318. The molecule has 0 unspecified atom stereocenters. The summed E-state index contributed by atoms with van der Waals surface area (Å²) in [5, 5.41) is 20.6. The van der Waals surface area contributed by atoms with Crippen molar-refractivity contribution in [2.75, 3.05) is 25.0 Å². The first-order valence-corrected chi connectivity index (χ1v) is 9.71. The fourth-order valence-electron chi connectivity index (χ4n) is 3.87. The second kappa shape index (κ2) is 8.75. The van der Waals surface area contributed by atoms with Crippen LogP contribution in [0.3, 0.4) is 0 Å². The molecule has 0 bridgehead atoms. The Morgan fingerprint density at radius 2 is 1.97 bits per heavy atom. The molecule has 1 aromatic heterocycles. The van der Waals surface area contributed by atoms with Crippen molar-refractivity contribution >= 4 is 35.2 Å². The molecule has 30 heavy (non-hydrogen) atoms. The van der Waals surface area contributed by atoms with Crippen LogP contribution in [0, 0.1) is 6.92 Å². The highest BCUT2D eigenvalue weighted by Gasteiger charge is 2.28. The van der Waals surface area contributed by atoms with Crippen molar-refractivity contribution in [2.24, 2.45) is 0 Å². The SMILES string of the molecule is Cc1ccc2c(N3CCC[C@H](N(C)C(=O)O)C3)nc(-c3ccccc3O)nc2c1.Cl. The molecular weight excluding hydrogens is 404 g/mol. The van der Waals surface area contributed by atoms with Crippen LogP contribution in [0.5, 0.6) is 5.75 Å². The summed E-state index contributed by atoms with van der Waals surface area (Å²) in [5.74, 6) is 1.37. The number of phenolic OH excluding ortho intramolecular Hbond substituents is 1. The van der Waals surface area contributed by atoms with Crippen LogP contribution in [-0.4, -0.2) is 57.4 Å². The molecule has 2 N–H and O–H groups in total. The number of likely N-dealkylation sites (N-methyl/N-ethyl adjacent to an activating group) is 1. The van der Waals surface area contributed by atoms with Gasteiger partial charge >= 0.3 is 6.09 Å². The summed E-state index contributed by atoms with van der Waals surface area (Å²) in [4.78, 5) is 24.5. The first kappa shape index (κ1) is 21.6. The van der Waals surface area contributed by atoms with Crippen molar-refractivity contribution in [1.82, 2.24) is 14.9 Å². The average molecular weight is 429 g/mol. The third-order valence-electron chi connectivity index (χ3n) is 5.52.